The monoisotopic (exact) mass is 688 g/mol. The van der Waals surface area contributed by atoms with Crippen LogP contribution in [0.15, 0.2) is 144 Å². The fourth-order valence-electron chi connectivity index (χ4n) is 6.28. The Labute approximate surface area is 298 Å². The molecule has 11 nitrogen and oxygen atoms in total. The van der Waals surface area contributed by atoms with E-state index in [0.29, 0.717) is 28.6 Å². The summed E-state index contributed by atoms with van der Waals surface area (Å²) in [4.78, 5) is 50.4. The molecule has 8 rings (SSSR count). The van der Waals surface area contributed by atoms with Crippen molar-refractivity contribution in [3.8, 4) is 33.6 Å². The number of carbonyl (C=O) groups is 1. The minimum atomic E-state index is -0.183. The third kappa shape index (κ3) is 6.93. The zero-order valence-corrected chi connectivity index (χ0v) is 28.6. The van der Waals surface area contributed by atoms with E-state index in [9.17, 15) is 14.4 Å². The van der Waals surface area contributed by atoms with Gasteiger partial charge in [0.1, 0.15) is 0 Å². The van der Waals surface area contributed by atoms with Crippen molar-refractivity contribution in [3.05, 3.63) is 166 Å². The van der Waals surface area contributed by atoms with Crippen LogP contribution in [-0.4, -0.2) is 42.0 Å². The Morgan fingerprint density at radius 2 is 1.10 bits per heavy atom. The Balaban J connectivity index is 0.000000162. The lowest BCUT2D eigenvalue weighted by Gasteiger charge is -2.05. The second-order valence-electron chi connectivity index (χ2n) is 12.2. The Kier molecular flexibility index (Phi) is 9.67. The third-order valence-electron chi connectivity index (χ3n) is 8.64. The molecular weight excluding hydrogens is 653 g/mol. The molecule has 0 unspecified atom stereocenters. The fourth-order valence-corrected chi connectivity index (χ4v) is 6.28. The van der Waals surface area contributed by atoms with Crippen molar-refractivity contribution in [1.82, 2.24) is 39.7 Å². The largest absolute Gasteiger partial charge is 0.352 e. The molecular formula is C41H36N8O3. The average Bonchev–Trinajstić information content (AvgIpc) is 3.77. The minimum Gasteiger partial charge on any atom is -0.352 e. The third-order valence-corrected chi connectivity index (χ3v) is 8.64. The number of hydrogen-bond donors (Lipinski definition) is 4. The lowest BCUT2D eigenvalue weighted by molar-refractivity contribution is -0.119. The van der Waals surface area contributed by atoms with Crippen molar-refractivity contribution in [2.75, 3.05) is 7.05 Å². The maximum atomic E-state index is 12.6. The summed E-state index contributed by atoms with van der Waals surface area (Å²) in [7, 11) is 1.92. The number of amides is 1. The lowest BCUT2D eigenvalue weighted by Crippen LogP contribution is -2.18. The van der Waals surface area contributed by atoms with Gasteiger partial charge in [0.15, 0.2) is 11.3 Å². The highest BCUT2D eigenvalue weighted by atomic mass is 16.1. The maximum Gasteiger partial charge on any atom is 0.260 e. The predicted octanol–water partition coefficient (Wildman–Crippen LogP) is 6.12. The van der Waals surface area contributed by atoms with Gasteiger partial charge in [-0.15, -0.1) is 0 Å². The molecule has 4 aromatic heterocycles. The summed E-state index contributed by atoms with van der Waals surface area (Å²) >= 11 is 0. The molecule has 0 spiro atoms. The smallest absolute Gasteiger partial charge is 0.260 e. The number of nitrogens with one attached hydrogen (secondary N) is 4. The summed E-state index contributed by atoms with van der Waals surface area (Å²) in [5.41, 5.74) is 8.57. The Morgan fingerprint density at radius 1 is 0.635 bits per heavy atom. The van der Waals surface area contributed by atoms with Crippen molar-refractivity contribution >= 4 is 28.0 Å². The van der Waals surface area contributed by atoms with Crippen molar-refractivity contribution in [2.24, 2.45) is 0 Å². The van der Waals surface area contributed by atoms with Crippen LogP contribution in [0.25, 0.3) is 55.7 Å². The highest BCUT2D eigenvalue weighted by molar-refractivity contribution is 5.95. The molecule has 0 aliphatic heterocycles. The molecule has 0 saturated carbocycles. The van der Waals surface area contributed by atoms with Crippen LogP contribution in [0.1, 0.15) is 18.1 Å². The molecule has 0 aliphatic rings. The molecule has 4 N–H and O–H groups in total. The molecule has 1 amide bonds. The van der Waals surface area contributed by atoms with Gasteiger partial charge in [0.2, 0.25) is 5.91 Å². The van der Waals surface area contributed by atoms with Crippen LogP contribution in [0.4, 0.5) is 0 Å². The summed E-state index contributed by atoms with van der Waals surface area (Å²) in [5.74, 6) is -0.0817. The summed E-state index contributed by atoms with van der Waals surface area (Å²) in [6.45, 7) is 2.71. The first kappa shape index (κ1) is 33.6. The van der Waals surface area contributed by atoms with E-state index in [1.807, 2.05) is 126 Å². The molecule has 4 aromatic carbocycles. The van der Waals surface area contributed by atoms with Crippen LogP contribution in [0.3, 0.4) is 0 Å². The van der Waals surface area contributed by atoms with Crippen LogP contribution >= 0.6 is 0 Å². The number of hydrogen-bond acceptors (Lipinski definition) is 6. The van der Waals surface area contributed by atoms with E-state index in [4.69, 9.17) is 0 Å². The predicted molar refractivity (Wildman–Crippen MR) is 205 cm³/mol. The first-order chi connectivity index (χ1) is 25.4. The standard InChI is InChI=1S/C21H18N4O2.C20H18N4O/c1-14(26)22-11-15-6-5-7-16(10-15)18-12-25(17-8-3-2-4-9-17)20-19(18)21(27)24-13-23-20;1-21-11-14-6-5-7-15(10-14)17-12-24(16-8-3-2-4-9-16)19-18(17)20(25)23-13-22-19/h2-10,12-13H,11H2,1H3,(H,22,26)(H,23,24,27);2-10,12-13,21H,11H2,1H3,(H,22,23,25). The van der Waals surface area contributed by atoms with Crippen LogP contribution in [-0.2, 0) is 17.9 Å². The van der Waals surface area contributed by atoms with E-state index in [2.05, 4.69) is 42.7 Å². The molecule has 0 fully saturated rings. The molecule has 0 atom stereocenters. The number of benzene rings is 4. The molecule has 11 heteroatoms. The van der Waals surface area contributed by atoms with Crippen molar-refractivity contribution in [3.63, 3.8) is 0 Å². The second-order valence-corrected chi connectivity index (χ2v) is 12.2. The van der Waals surface area contributed by atoms with Gasteiger partial charge in [0.05, 0.1) is 23.4 Å². The molecule has 0 aliphatic carbocycles. The molecule has 8 aromatic rings. The molecule has 0 saturated heterocycles. The van der Waals surface area contributed by atoms with Gasteiger partial charge in [-0.05, 0) is 65.7 Å². The molecule has 4 heterocycles. The number of fused-ring (bicyclic) bond motifs is 2. The van der Waals surface area contributed by atoms with Gasteiger partial charge in [-0.2, -0.15) is 0 Å². The first-order valence-electron chi connectivity index (χ1n) is 16.8. The quantitative estimate of drug-likeness (QED) is 0.152. The van der Waals surface area contributed by atoms with Crippen molar-refractivity contribution in [2.45, 2.75) is 20.0 Å². The topological polar surface area (TPSA) is 142 Å². The molecule has 258 valence electrons. The van der Waals surface area contributed by atoms with Crippen LogP contribution in [0.5, 0.6) is 0 Å². The fraction of sp³-hybridized carbons (Fsp3) is 0.0976. The van der Waals surface area contributed by atoms with Crippen molar-refractivity contribution in [1.29, 1.82) is 0 Å². The van der Waals surface area contributed by atoms with Crippen LogP contribution < -0.4 is 21.8 Å². The number of aromatic nitrogens is 6. The highest BCUT2D eigenvalue weighted by Crippen LogP contribution is 2.31. The normalized spacial score (nSPS) is 11.0. The molecule has 0 bridgehead atoms. The highest BCUT2D eigenvalue weighted by Gasteiger charge is 2.17. The van der Waals surface area contributed by atoms with Crippen LogP contribution in [0, 0.1) is 0 Å². The van der Waals surface area contributed by atoms with Gasteiger partial charge >= 0.3 is 0 Å². The zero-order valence-electron chi connectivity index (χ0n) is 28.6. The molecule has 52 heavy (non-hydrogen) atoms. The van der Waals surface area contributed by atoms with Crippen LogP contribution in [0.2, 0.25) is 0 Å². The summed E-state index contributed by atoms with van der Waals surface area (Å²) in [6.07, 6.45) is 6.78. The summed E-state index contributed by atoms with van der Waals surface area (Å²) < 4.78 is 3.88. The Hall–Kier alpha value is -6.85. The maximum absolute atomic E-state index is 12.6. The van der Waals surface area contributed by atoms with E-state index in [1.54, 1.807) is 0 Å². The van der Waals surface area contributed by atoms with E-state index in [-0.39, 0.29) is 17.0 Å². The van der Waals surface area contributed by atoms with Gasteiger partial charge in [0.25, 0.3) is 11.1 Å². The van der Waals surface area contributed by atoms with Crippen molar-refractivity contribution < 1.29 is 4.79 Å². The Bertz CT molecular complexity index is 2620. The van der Waals surface area contributed by atoms with Gasteiger partial charge in [0, 0.05) is 54.9 Å². The van der Waals surface area contributed by atoms with Gasteiger partial charge in [-0.25, -0.2) is 9.97 Å². The van der Waals surface area contributed by atoms with E-state index in [1.165, 1.54) is 25.1 Å². The van der Waals surface area contributed by atoms with E-state index in [0.717, 1.165) is 45.7 Å². The van der Waals surface area contributed by atoms with E-state index < -0.39 is 0 Å². The number of rotatable bonds is 8. The molecule has 0 radical (unpaired) electrons. The first-order valence-corrected chi connectivity index (χ1v) is 16.8. The van der Waals surface area contributed by atoms with Gasteiger partial charge in [-0.1, -0.05) is 72.8 Å². The Morgan fingerprint density at radius 3 is 1.54 bits per heavy atom. The number of carbonyl (C=O) groups excluding carboxylic acids is 1. The minimum absolute atomic E-state index is 0.0817. The average molecular weight is 689 g/mol. The number of H-pyrrole nitrogens is 2. The van der Waals surface area contributed by atoms with E-state index >= 15 is 0 Å². The number of para-hydroxylation sites is 2. The summed E-state index contributed by atoms with van der Waals surface area (Å²) in [6, 6.07) is 35.7. The van der Waals surface area contributed by atoms with Gasteiger partial charge < -0.3 is 29.7 Å². The lowest BCUT2D eigenvalue weighted by atomic mass is 10.0. The number of aromatic amines is 2. The summed E-state index contributed by atoms with van der Waals surface area (Å²) in [5, 5.41) is 7.10. The second kappa shape index (κ2) is 15.0. The zero-order chi connectivity index (χ0) is 36.0. The van der Waals surface area contributed by atoms with Gasteiger partial charge in [-0.3, -0.25) is 14.4 Å². The SMILES string of the molecule is CC(=O)NCc1cccc(-c2cn(-c3ccccc3)c3nc[nH]c(=O)c23)c1.CNCc1cccc(-c2cn(-c3ccccc3)c3nc[nH]c(=O)c23)c1. The number of nitrogens with zero attached hydrogens (tertiary/aromatic N) is 4.